The van der Waals surface area contributed by atoms with Crippen LogP contribution in [0.3, 0.4) is 0 Å². The van der Waals surface area contributed by atoms with Gasteiger partial charge in [-0.15, -0.1) is 6.58 Å². The van der Waals surface area contributed by atoms with Gasteiger partial charge in [-0.05, 0) is 27.7 Å². The fraction of sp³-hybridized carbons (Fsp3) is 0.750. The van der Waals surface area contributed by atoms with Crippen molar-refractivity contribution < 1.29 is 9.53 Å². The predicted molar refractivity (Wildman–Crippen MR) is 64.4 cm³/mol. The van der Waals surface area contributed by atoms with Gasteiger partial charge < -0.3 is 15.0 Å². The van der Waals surface area contributed by atoms with Crippen LogP contribution in [0.2, 0.25) is 0 Å². The Kier molecular flexibility index (Phi) is 3.97. The number of hydrogen-bond acceptors (Lipinski definition) is 3. The lowest BCUT2D eigenvalue weighted by Gasteiger charge is -2.38. The Morgan fingerprint density at radius 1 is 1.56 bits per heavy atom. The molecular weight excluding hydrogens is 204 g/mol. The van der Waals surface area contributed by atoms with E-state index in [4.69, 9.17) is 4.74 Å². The third kappa shape index (κ3) is 3.52. The average molecular weight is 226 g/mol. The molecule has 2 atom stereocenters. The maximum absolute atomic E-state index is 11.9. The van der Waals surface area contributed by atoms with Crippen LogP contribution >= 0.6 is 0 Å². The van der Waals surface area contributed by atoms with E-state index < -0.39 is 5.60 Å². The van der Waals surface area contributed by atoms with Crippen LogP contribution in [0.25, 0.3) is 0 Å². The molecule has 0 aliphatic carbocycles. The third-order valence-electron chi connectivity index (χ3n) is 2.51. The molecule has 1 unspecified atom stereocenters. The summed E-state index contributed by atoms with van der Waals surface area (Å²) >= 11 is 0. The summed E-state index contributed by atoms with van der Waals surface area (Å²) < 4.78 is 5.37. The maximum Gasteiger partial charge on any atom is 0.410 e. The molecule has 0 aromatic rings. The van der Waals surface area contributed by atoms with E-state index in [1.807, 2.05) is 33.8 Å². The van der Waals surface area contributed by atoms with Crippen molar-refractivity contribution in [1.29, 1.82) is 0 Å². The van der Waals surface area contributed by atoms with Crippen LogP contribution in [-0.4, -0.2) is 41.8 Å². The Balaban J connectivity index is 2.62. The number of nitrogens with zero attached hydrogens (tertiary/aromatic N) is 1. The third-order valence-corrected chi connectivity index (χ3v) is 2.51. The van der Waals surface area contributed by atoms with E-state index in [-0.39, 0.29) is 18.2 Å². The summed E-state index contributed by atoms with van der Waals surface area (Å²) in [7, 11) is 0. The van der Waals surface area contributed by atoms with Crippen LogP contribution in [0.1, 0.15) is 27.7 Å². The monoisotopic (exact) mass is 226 g/mol. The molecule has 1 fully saturated rings. The first kappa shape index (κ1) is 13.0. The molecule has 1 saturated heterocycles. The molecule has 1 aliphatic rings. The van der Waals surface area contributed by atoms with Crippen LogP contribution in [-0.2, 0) is 4.74 Å². The number of carbonyl (C=O) groups excluding carboxylic acids is 1. The number of nitrogens with one attached hydrogen (secondary N) is 1. The summed E-state index contributed by atoms with van der Waals surface area (Å²) in [6.45, 7) is 12.8. The maximum atomic E-state index is 11.9. The van der Waals surface area contributed by atoms with Gasteiger partial charge in [0, 0.05) is 25.2 Å². The highest BCUT2D eigenvalue weighted by atomic mass is 16.6. The van der Waals surface area contributed by atoms with Crippen LogP contribution in [0.5, 0.6) is 0 Å². The van der Waals surface area contributed by atoms with Gasteiger partial charge in [-0.1, -0.05) is 6.08 Å². The summed E-state index contributed by atoms with van der Waals surface area (Å²) in [5.74, 6) is 0. The molecule has 1 amide bonds. The molecule has 0 bridgehead atoms. The zero-order valence-corrected chi connectivity index (χ0v) is 10.6. The van der Waals surface area contributed by atoms with Crippen LogP contribution in [0.15, 0.2) is 12.7 Å². The number of rotatable bonds is 1. The van der Waals surface area contributed by atoms with E-state index in [0.717, 1.165) is 6.54 Å². The molecule has 92 valence electrons. The van der Waals surface area contributed by atoms with Gasteiger partial charge in [0.25, 0.3) is 0 Å². The molecule has 1 N–H and O–H groups in total. The summed E-state index contributed by atoms with van der Waals surface area (Å²) in [6.07, 6.45) is 1.58. The zero-order chi connectivity index (χ0) is 12.3. The normalized spacial score (nSPS) is 26.4. The largest absolute Gasteiger partial charge is 0.444 e. The summed E-state index contributed by atoms with van der Waals surface area (Å²) in [4.78, 5) is 13.7. The first-order valence-corrected chi connectivity index (χ1v) is 5.69. The fourth-order valence-electron chi connectivity index (χ4n) is 1.62. The molecule has 0 spiro atoms. The van der Waals surface area contributed by atoms with E-state index in [2.05, 4.69) is 11.9 Å². The molecule has 1 aliphatic heterocycles. The Morgan fingerprint density at radius 3 is 2.69 bits per heavy atom. The highest BCUT2D eigenvalue weighted by Gasteiger charge is 2.30. The van der Waals surface area contributed by atoms with Gasteiger partial charge in [-0.25, -0.2) is 4.79 Å². The van der Waals surface area contributed by atoms with Crippen molar-refractivity contribution in [2.45, 2.75) is 45.4 Å². The number of amides is 1. The Bertz CT molecular complexity index is 271. The van der Waals surface area contributed by atoms with Crippen LogP contribution in [0, 0.1) is 0 Å². The smallest absolute Gasteiger partial charge is 0.410 e. The van der Waals surface area contributed by atoms with Crippen LogP contribution < -0.4 is 5.32 Å². The second kappa shape index (κ2) is 4.87. The number of carbonyl (C=O) groups is 1. The van der Waals surface area contributed by atoms with Crippen molar-refractivity contribution in [2.24, 2.45) is 0 Å². The van der Waals surface area contributed by atoms with E-state index in [0.29, 0.717) is 6.54 Å². The van der Waals surface area contributed by atoms with Crippen molar-refractivity contribution in [1.82, 2.24) is 10.2 Å². The average Bonchev–Trinajstić information content (AvgIpc) is 2.15. The molecule has 16 heavy (non-hydrogen) atoms. The van der Waals surface area contributed by atoms with Crippen molar-refractivity contribution >= 4 is 6.09 Å². The fourth-order valence-corrected chi connectivity index (χ4v) is 1.62. The van der Waals surface area contributed by atoms with Gasteiger partial charge in [0.2, 0.25) is 0 Å². The van der Waals surface area contributed by atoms with E-state index in [1.54, 1.807) is 4.90 Å². The molecule has 0 aromatic carbocycles. The Labute approximate surface area is 97.6 Å². The van der Waals surface area contributed by atoms with Crippen molar-refractivity contribution in [3.05, 3.63) is 12.7 Å². The minimum Gasteiger partial charge on any atom is -0.444 e. The Morgan fingerprint density at radius 2 is 2.19 bits per heavy atom. The highest BCUT2D eigenvalue weighted by Crippen LogP contribution is 2.14. The van der Waals surface area contributed by atoms with Gasteiger partial charge in [-0.2, -0.15) is 0 Å². The SMILES string of the molecule is C=CC1CN(C(=O)OC(C)(C)C)[C@H](C)CN1. The number of hydrogen-bond donors (Lipinski definition) is 1. The summed E-state index contributed by atoms with van der Waals surface area (Å²) in [5.41, 5.74) is -0.439. The van der Waals surface area contributed by atoms with Crippen molar-refractivity contribution in [3.8, 4) is 0 Å². The number of piperazine rings is 1. The molecule has 4 nitrogen and oxygen atoms in total. The van der Waals surface area contributed by atoms with Gasteiger partial charge in [0.1, 0.15) is 5.60 Å². The first-order chi connectivity index (χ1) is 7.33. The number of ether oxygens (including phenoxy) is 1. The highest BCUT2D eigenvalue weighted by molar-refractivity contribution is 5.68. The Hall–Kier alpha value is -1.03. The zero-order valence-electron chi connectivity index (χ0n) is 10.6. The van der Waals surface area contributed by atoms with E-state index in [9.17, 15) is 4.79 Å². The molecule has 1 rings (SSSR count). The quantitative estimate of drug-likeness (QED) is 0.693. The molecule has 4 heteroatoms. The minimum absolute atomic E-state index is 0.156. The molecular formula is C12H22N2O2. The minimum atomic E-state index is -0.439. The first-order valence-electron chi connectivity index (χ1n) is 5.69. The van der Waals surface area contributed by atoms with E-state index >= 15 is 0 Å². The summed E-state index contributed by atoms with van der Waals surface area (Å²) in [5, 5.41) is 3.30. The second-order valence-corrected chi connectivity index (χ2v) is 5.23. The lowest BCUT2D eigenvalue weighted by molar-refractivity contribution is 0.0116. The summed E-state index contributed by atoms with van der Waals surface area (Å²) in [6, 6.07) is 0.315. The van der Waals surface area contributed by atoms with E-state index in [1.165, 1.54) is 0 Å². The standard InChI is InChI=1S/C12H22N2O2/c1-6-10-8-14(9(2)7-13-10)11(15)16-12(3,4)5/h6,9-10,13H,1,7-8H2,2-5H3/t9-,10?/m1/s1. The van der Waals surface area contributed by atoms with Crippen molar-refractivity contribution in [2.75, 3.05) is 13.1 Å². The second-order valence-electron chi connectivity index (χ2n) is 5.23. The lowest BCUT2D eigenvalue weighted by Crippen LogP contribution is -2.57. The van der Waals surface area contributed by atoms with Gasteiger partial charge >= 0.3 is 6.09 Å². The predicted octanol–water partition coefficient (Wildman–Crippen LogP) is 1.77. The molecule has 0 radical (unpaired) electrons. The topological polar surface area (TPSA) is 41.6 Å². The molecule has 0 aromatic heterocycles. The molecule has 0 saturated carbocycles. The van der Waals surface area contributed by atoms with Crippen molar-refractivity contribution in [3.63, 3.8) is 0 Å². The lowest BCUT2D eigenvalue weighted by atomic mass is 10.1. The van der Waals surface area contributed by atoms with Gasteiger partial charge in [-0.3, -0.25) is 0 Å². The van der Waals surface area contributed by atoms with Crippen LogP contribution in [0.4, 0.5) is 4.79 Å². The van der Waals surface area contributed by atoms with Gasteiger partial charge in [0.05, 0.1) is 0 Å². The molecule has 1 heterocycles. The van der Waals surface area contributed by atoms with Gasteiger partial charge in [0.15, 0.2) is 0 Å².